The standard InChI is InChI=1S/C11H15BrN2O3/c1-8(15)4-5-13-7-9-2-3-10(14(16)17)6-11(9)12/h2-3,6,8,13,15H,4-5,7H2,1H3. The molecule has 6 heteroatoms. The fourth-order valence-corrected chi connectivity index (χ4v) is 1.83. The van der Waals surface area contributed by atoms with Crippen LogP contribution in [0.4, 0.5) is 5.69 Å². The van der Waals surface area contributed by atoms with Gasteiger partial charge in [0.15, 0.2) is 0 Å². The summed E-state index contributed by atoms with van der Waals surface area (Å²) in [5, 5.41) is 22.8. The van der Waals surface area contributed by atoms with Gasteiger partial charge in [0.25, 0.3) is 5.69 Å². The molecular formula is C11H15BrN2O3. The Morgan fingerprint density at radius 1 is 1.59 bits per heavy atom. The molecule has 0 aromatic heterocycles. The van der Waals surface area contributed by atoms with E-state index in [1.165, 1.54) is 12.1 Å². The summed E-state index contributed by atoms with van der Waals surface area (Å²) in [7, 11) is 0. The largest absolute Gasteiger partial charge is 0.393 e. The van der Waals surface area contributed by atoms with Crippen molar-refractivity contribution in [2.75, 3.05) is 6.54 Å². The van der Waals surface area contributed by atoms with Crippen molar-refractivity contribution >= 4 is 21.6 Å². The van der Waals surface area contributed by atoms with E-state index in [0.29, 0.717) is 19.5 Å². The molecule has 1 atom stereocenters. The second-order valence-electron chi connectivity index (χ2n) is 3.85. The molecule has 0 fully saturated rings. The molecule has 0 aliphatic carbocycles. The van der Waals surface area contributed by atoms with Crippen LogP contribution >= 0.6 is 15.9 Å². The van der Waals surface area contributed by atoms with Gasteiger partial charge in [0, 0.05) is 23.2 Å². The Morgan fingerprint density at radius 2 is 2.29 bits per heavy atom. The molecule has 0 spiro atoms. The zero-order chi connectivity index (χ0) is 12.8. The lowest BCUT2D eigenvalue weighted by atomic mass is 10.2. The van der Waals surface area contributed by atoms with Gasteiger partial charge in [-0.25, -0.2) is 0 Å². The molecule has 5 nitrogen and oxygen atoms in total. The summed E-state index contributed by atoms with van der Waals surface area (Å²) in [6.07, 6.45) is 0.368. The first-order chi connectivity index (χ1) is 8.00. The van der Waals surface area contributed by atoms with Crippen LogP contribution in [0.3, 0.4) is 0 Å². The highest BCUT2D eigenvalue weighted by molar-refractivity contribution is 9.10. The molecule has 0 saturated heterocycles. The van der Waals surface area contributed by atoms with Gasteiger partial charge in [-0.1, -0.05) is 15.9 Å². The predicted octanol–water partition coefficient (Wildman–Crippen LogP) is 2.22. The van der Waals surface area contributed by atoms with Crippen molar-refractivity contribution in [3.63, 3.8) is 0 Å². The van der Waals surface area contributed by atoms with Crippen LogP contribution in [0.2, 0.25) is 0 Å². The second kappa shape index (κ2) is 6.68. The monoisotopic (exact) mass is 302 g/mol. The number of nitrogens with one attached hydrogen (secondary N) is 1. The Balaban J connectivity index is 2.52. The molecule has 1 aromatic rings. The fourth-order valence-electron chi connectivity index (χ4n) is 1.33. The molecule has 94 valence electrons. The zero-order valence-corrected chi connectivity index (χ0v) is 11.1. The highest BCUT2D eigenvalue weighted by atomic mass is 79.9. The van der Waals surface area contributed by atoms with E-state index in [2.05, 4.69) is 21.2 Å². The summed E-state index contributed by atoms with van der Waals surface area (Å²) in [6, 6.07) is 4.69. The molecule has 1 unspecified atom stereocenters. The number of non-ortho nitro benzene ring substituents is 1. The Bertz CT molecular complexity index is 396. The van der Waals surface area contributed by atoms with Gasteiger partial charge in [-0.2, -0.15) is 0 Å². The van der Waals surface area contributed by atoms with E-state index < -0.39 is 4.92 Å². The number of rotatable bonds is 6. The van der Waals surface area contributed by atoms with Crippen molar-refractivity contribution < 1.29 is 10.0 Å². The van der Waals surface area contributed by atoms with Crippen LogP contribution in [0.15, 0.2) is 22.7 Å². The molecule has 0 aliphatic rings. The maximum Gasteiger partial charge on any atom is 0.270 e. The number of benzene rings is 1. The number of hydrogen-bond acceptors (Lipinski definition) is 4. The molecule has 2 N–H and O–H groups in total. The normalized spacial score (nSPS) is 12.4. The summed E-state index contributed by atoms with van der Waals surface area (Å²) < 4.78 is 0.719. The Labute approximate surface area is 108 Å². The number of aliphatic hydroxyl groups is 1. The van der Waals surface area contributed by atoms with Crippen molar-refractivity contribution in [1.82, 2.24) is 5.32 Å². The van der Waals surface area contributed by atoms with Crippen LogP contribution in [0.25, 0.3) is 0 Å². The molecule has 0 aliphatic heterocycles. The minimum atomic E-state index is -0.421. The summed E-state index contributed by atoms with van der Waals surface area (Å²) >= 11 is 3.30. The number of nitro groups is 1. The number of nitrogens with zero attached hydrogens (tertiary/aromatic N) is 1. The minimum absolute atomic E-state index is 0.0737. The molecule has 0 heterocycles. The third-order valence-corrected chi connectivity index (χ3v) is 3.04. The number of aliphatic hydroxyl groups excluding tert-OH is 1. The minimum Gasteiger partial charge on any atom is -0.393 e. The van der Waals surface area contributed by atoms with Gasteiger partial charge in [0.2, 0.25) is 0 Å². The van der Waals surface area contributed by atoms with Gasteiger partial charge >= 0.3 is 0 Å². The first-order valence-corrected chi connectivity index (χ1v) is 6.11. The van der Waals surface area contributed by atoms with Crippen molar-refractivity contribution in [2.24, 2.45) is 0 Å². The average Bonchev–Trinajstić information content (AvgIpc) is 2.25. The van der Waals surface area contributed by atoms with Crippen molar-refractivity contribution in [3.8, 4) is 0 Å². The Hall–Kier alpha value is -0.980. The van der Waals surface area contributed by atoms with Crippen LogP contribution < -0.4 is 5.32 Å². The predicted molar refractivity (Wildman–Crippen MR) is 68.8 cm³/mol. The average molecular weight is 303 g/mol. The van der Waals surface area contributed by atoms with Crippen LogP contribution in [0, 0.1) is 10.1 Å². The van der Waals surface area contributed by atoms with Crippen LogP contribution in [0.1, 0.15) is 18.9 Å². The highest BCUT2D eigenvalue weighted by Crippen LogP contribution is 2.22. The summed E-state index contributed by atoms with van der Waals surface area (Å²) in [5.41, 5.74) is 1.03. The topological polar surface area (TPSA) is 75.4 Å². The fraction of sp³-hybridized carbons (Fsp3) is 0.455. The zero-order valence-electron chi connectivity index (χ0n) is 9.52. The highest BCUT2D eigenvalue weighted by Gasteiger charge is 2.08. The SMILES string of the molecule is CC(O)CCNCc1ccc([N+](=O)[O-])cc1Br. The third kappa shape index (κ3) is 4.80. The molecule has 1 rings (SSSR count). The first-order valence-electron chi connectivity index (χ1n) is 5.32. The van der Waals surface area contributed by atoms with Gasteiger partial charge in [0.05, 0.1) is 11.0 Å². The van der Waals surface area contributed by atoms with E-state index in [1.807, 2.05) is 0 Å². The van der Waals surface area contributed by atoms with Gasteiger partial charge in [-0.05, 0) is 31.5 Å². The molecule has 1 aromatic carbocycles. The maximum absolute atomic E-state index is 10.5. The van der Waals surface area contributed by atoms with E-state index in [4.69, 9.17) is 5.11 Å². The lowest BCUT2D eigenvalue weighted by Gasteiger charge is -2.08. The maximum atomic E-state index is 10.5. The smallest absolute Gasteiger partial charge is 0.270 e. The number of nitro benzene ring substituents is 1. The van der Waals surface area contributed by atoms with E-state index in [9.17, 15) is 10.1 Å². The lowest BCUT2D eigenvalue weighted by Crippen LogP contribution is -2.18. The summed E-state index contributed by atoms with van der Waals surface area (Å²) in [4.78, 5) is 10.1. The van der Waals surface area contributed by atoms with Gasteiger partial charge in [-0.3, -0.25) is 10.1 Å². The molecule has 0 bridgehead atoms. The number of hydrogen-bond donors (Lipinski definition) is 2. The third-order valence-electron chi connectivity index (χ3n) is 2.30. The second-order valence-corrected chi connectivity index (χ2v) is 4.70. The summed E-state index contributed by atoms with van der Waals surface area (Å²) in [5.74, 6) is 0. The van der Waals surface area contributed by atoms with E-state index >= 15 is 0 Å². The van der Waals surface area contributed by atoms with Crippen molar-refractivity contribution in [3.05, 3.63) is 38.3 Å². The molecule has 17 heavy (non-hydrogen) atoms. The summed E-state index contributed by atoms with van der Waals surface area (Å²) in [6.45, 7) is 3.07. The molecule has 0 saturated carbocycles. The number of halogens is 1. The van der Waals surface area contributed by atoms with Crippen LogP contribution in [0.5, 0.6) is 0 Å². The van der Waals surface area contributed by atoms with Gasteiger partial charge in [0.1, 0.15) is 0 Å². The lowest BCUT2D eigenvalue weighted by molar-refractivity contribution is -0.384. The quantitative estimate of drug-likeness (QED) is 0.480. The van der Waals surface area contributed by atoms with Crippen LogP contribution in [-0.4, -0.2) is 22.7 Å². The van der Waals surface area contributed by atoms with E-state index in [-0.39, 0.29) is 11.8 Å². The van der Waals surface area contributed by atoms with Crippen molar-refractivity contribution in [2.45, 2.75) is 26.0 Å². The Kier molecular flexibility index (Phi) is 5.54. The van der Waals surface area contributed by atoms with Gasteiger partial charge in [-0.15, -0.1) is 0 Å². The van der Waals surface area contributed by atoms with Crippen LogP contribution in [-0.2, 0) is 6.54 Å². The first kappa shape index (κ1) is 14.1. The van der Waals surface area contributed by atoms with Gasteiger partial charge < -0.3 is 10.4 Å². The molecule has 0 radical (unpaired) electrons. The van der Waals surface area contributed by atoms with Crippen molar-refractivity contribution in [1.29, 1.82) is 0 Å². The molecular weight excluding hydrogens is 288 g/mol. The molecule has 0 amide bonds. The van der Waals surface area contributed by atoms with E-state index in [0.717, 1.165) is 10.0 Å². The Morgan fingerprint density at radius 3 is 2.82 bits per heavy atom. The van der Waals surface area contributed by atoms with E-state index in [1.54, 1.807) is 13.0 Å².